The summed E-state index contributed by atoms with van der Waals surface area (Å²) in [7, 11) is 0. The standard InChI is InChI=1S/C18H19N3O2/c1-11-4-3-5-16-14(11)8-9-21(16)18(23)20-15-10-13(17(19)22)7-6-12(15)2/h3-7,10H,8-9H2,1-2H3,(H2,19,22)(H,20,23). The monoisotopic (exact) mass is 309 g/mol. The second kappa shape index (κ2) is 5.76. The number of urea groups is 1. The van der Waals surface area contributed by atoms with Gasteiger partial charge in [0.05, 0.1) is 0 Å². The summed E-state index contributed by atoms with van der Waals surface area (Å²) in [5, 5.41) is 2.89. The van der Waals surface area contributed by atoms with Crippen LogP contribution in [0.3, 0.4) is 0 Å². The molecule has 0 saturated heterocycles. The maximum absolute atomic E-state index is 12.6. The smallest absolute Gasteiger partial charge is 0.326 e. The third kappa shape index (κ3) is 2.77. The Balaban J connectivity index is 1.86. The van der Waals surface area contributed by atoms with Gasteiger partial charge in [-0.3, -0.25) is 9.69 Å². The minimum atomic E-state index is -0.511. The van der Waals surface area contributed by atoms with Crippen LogP contribution in [0, 0.1) is 13.8 Å². The first kappa shape index (κ1) is 15.1. The normalized spacial score (nSPS) is 12.9. The lowest BCUT2D eigenvalue weighted by atomic mass is 10.1. The molecule has 118 valence electrons. The highest BCUT2D eigenvalue weighted by atomic mass is 16.2. The van der Waals surface area contributed by atoms with E-state index >= 15 is 0 Å². The number of fused-ring (bicyclic) bond motifs is 1. The van der Waals surface area contributed by atoms with E-state index < -0.39 is 5.91 Å². The van der Waals surface area contributed by atoms with Gasteiger partial charge in [0.1, 0.15) is 0 Å². The maximum Gasteiger partial charge on any atom is 0.326 e. The molecule has 0 aromatic heterocycles. The van der Waals surface area contributed by atoms with Crippen molar-refractivity contribution in [1.29, 1.82) is 0 Å². The number of hydrogen-bond donors (Lipinski definition) is 2. The molecule has 0 unspecified atom stereocenters. The Kier molecular flexibility index (Phi) is 3.78. The zero-order valence-corrected chi connectivity index (χ0v) is 13.2. The van der Waals surface area contributed by atoms with Crippen LogP contribution < -0.4 is 16.0 Å². The van der Waals surface area contributed by atoms with E-state index in [4.69, 9.17) is 5.73 Å². The van der Waals surface area contributed by atoms with Crippen LogP contribution in [0.15, 0.2) is 36.4 Å². The van der Waals surface area contributed by atoms with Crippen LogP contribution >= 0.6 is 0 Å². The lowest BCUT2D eigenvalue weighted by molar-refractivity contribution is 0.100. The summed E-state index contributed by atoms with van der Waals surface area (Å²) in [5.41, 5.74) is 10.5. The van der Waals surface area contributed by atoms with Gasteiger partial charge in [-0.1, -0.05) is 18.2 Å². The zero-order chi connectivity index (χ0) is 16.6. The molecular weight excluding hydrogens is 290 g/mol. The fourth-order valence-corrected chi connectivity index (χ4v) is 2.91. The van der Waals surface area contributed by atoms with Crippen LogP contribution in [-0.2, 0) is 6.42 Å². The fourth-order valence-electron chi connectivity index (χ4n) is 2.91. The molecule has 0 spiro atoms. The molecule has 1 aliphatic rings. The van der Waals surface area contributed by atoms with Crippen molar-refractivity contribution in [3.8, 4) is 0 Å². The number of aryl methyl sites for hydroxylation is 2. The van der Waals surface area contributed by atoms with Crippen molar-refractivity contribution in [3.63, 3.8) is 0 Å². The summed E-state index contributed by atoms with van der Waals surface area (Å²) < 4.78 is 0. The Bertz CT molecular complexity index is 799. The quantitative estimate of drug-likeness (QED) is 0.894. The number of rotatable bonds is 2. The molecule has 0 bridgehead atoms. The second-order valence-electron chi connectivity index (χ2n) is 5.80. The number of primary amides is 1. The summed E-state index contributed by atoms with van der Waals surface area (Å²) in [5.74, 6) is -0.511. The highest BCUT2D eigenvalue weighted by Crippen LogP contribution is 2.31. The molecule has 3 rings (SSSR count). The minimum Gasteiger partial charge on any atom is -0.366 e. The summed E-state index contributed by atoms with van der Waals surface area (Å²) in [4.78, 5) is 25.7. The molecule has 0 atom stereocenters. The number of nitrogens with zero attached hydrogens (tertiary/aromatic N) is 1. The van der Waals surface area contributed by atoms with Crippen molar-refractivity contribution in [2.75, 3.05) is 16.8 Å². The molecule has 1 heterocycles. The number of carbonyl (C=O) groups is 2. The molecule has 2 aromatic rings. The molecule has 2 aromatic carbocycles. The zero-order valence-electron chi connectivity index (χ0n) is 13.2. The predicted molar refractivity (Wildman–Crippen MR) is 90.9 cm³/mol. The first-order valence-corrected chi connectivity index (χ1v) is 7.55. The second-order valence-corrected chi connectivity index (χ2v) is 5.80. The average Bonchev–Trinajstić information content (AvgIpc) is 2.94. The number of nitrogens with two attached hydrogens (primary N) is 1. The van der Waals surface area contributed by atoms with Crippen molar-refractivity contribution in [2.45, 2.75) is 20.3 Å². The lowest BCUT2D eigenvalue weighted by Gasteiger charge is -2.19. The van der Waals surface area contributed by atoms with Crippen LogP contribution in [0.25, 0.3) is 0 Å². The Morgan fingerprint density at radius 2 is 1.91 bits per heavy atom. The van der Waals surface area contributed by atoms with E-state index in [2.05, 4.69) is 18.3 Å². The molecule has 5 nitrogen and oxygen atoms in total. The summed E-state index contributed by atoms with van der Waals surface area (Å²) >= 11 is 0. The molecule has 23 heavy (non-hydrogen) atoms. The molecule has 3 N–H and O–H groups in total. The fraction of sp³-hybridized carbons (Fsp3) is 0.222. The topological polar surface area (TPSA) is 75.4 Å². The van der Waals surface area contributed by atoms with Crippen molar-refractivity contribution < 1.29 is 9.59 Å². The SMILES string of the molecule is Cc1ccc(C(N)=O)cc1NC(=O)N1CCc2c(C)cccc21. The van der Waals surface area contributed by atoms with Crippen LogP contribution in [0.1, 0.15) is 27.0 Å². The number of amides is 3. The molecular formula is C18H19N3O2. The van der Waals surface area contributed by atoms with Crippen molar-refractivity contribution in [2.24, 2.45) is 5.73 Å². The van der Waals surface area contributed by atoms with E-state index in [1.165, 1.54) is 11.1 Å². The van der Waals surface area contributed by atoms with E-state index in [1.807, 2.05) is 19.1 Å². The number of hydrogen-bond acceptors (Lipinski definition) is 2. The number of nitrogens with one attached hydrogen (secondary N) is 1. The van der Waals surface area contributed by atoms with Gasteiger partial charge in [-0.25, -0.2) is 4.79 Å². The Morgan fingerprint density at radius 3 is 2.65 bits per heavy atom. The number of anilines is 2. The molecule has 1 aliphatic heterocycles. The summed E-state index contributed by atoms with van der Waals surface area (Å²) in [6.07, 6.45) is 0.857. The molecule has 5 heteroatoms. The van der Waals surface area contributed by atoms with Crippen molar-refractivity contribution in [3.05, 3.63) is 58.7 Å². The number of benzene rings is 2. The van der Waals surface area contributed by atoms with Crippen molar-refractivity contribution >= 4 is 23.3 Å². The van der Waals surface area contributed by atoms with Gasteiger partial charge >= 0.3 is 6.03 Å². The highest BCUT2D eigenvalue weighted by molar-refractivity contribution is 6.04. The van der Waals surface area contributed by atoms with Crippen LogP contribution in [0.5, 0.6) is 0 Å². The Labute approximate surface area is 135 Å². The van der Waals surface area contributed by atoms with Gasteiger partial charge in [0.15, 0.2) is 0 Å². The molecule has 0 aliphatic carbocycles. The van der Waals surface area contributed by atoms with Gasteiger partial charge in [-0.2, -0.15) is 0 Å². The van der Waals surface area contributed by atoms with Crippen LogP contribution in [0.2, 0.25) is 0 Å². The van der Waals surface area contributed by atoms with Gasteiger partial charge < -0.3 is 11.1 Å². The van der Waals surface area contributed by atoms with E-state index in [-0.39, 0.29) is 6.03 Å². The van der Waals surface area contributed by atoms with Gasteiger partial charge in [0, 0.05) is 23.5 Å². The van der Waals surface area contributed by atoms with Gasteiger partial charge in [-0.05, 0) is 55.2 Å². The van der Waals surface area contributed by atoms with Crippen LogP contribution in [-0.4, -0.2) is 18.5 Å². The van der Waals surface area contributed by atoms with Gasteiger partial charge in [0.25, 0.3) is 0 Å². The third-order valence-corrected chi connectivity index (χ3v) is 4.27. The number of carbonyl (C=O) groups excluding carboxylic acids is 2. The largest absolute Gasteiger partial charge is 0.366 e. The summed E-state index contributed by atoms with van der Waals surface area (Å²) in [6.45, 7) is 4.59. The van der Waals surface area contributed by atoms with E-state index in [9.17, 15) is 9.59 Å². The van der Waals surface area contributed by atoms with E-state index in [1.54, 1.807) is 23.1 Å². The molecule has 0 fully saturated rings. The van der Waals surface area contributed by atoms with Gasteiger partial charge in [-0.15, -0.1) is 0 Å². The Hall–Kier alpha value is -2.82. The molecule has 0 radical (unpaired) electrons. The third-order valence-electron chi connectivity index (χ3n) is 4.27. The Morgan fingerprint density at radius 1 is 1.13 bits per heavy atom. The predicted octanol–water partition coefficient (Wildman–Crippen LogP) is 3.00. The van der Waals surface area contributed by atoms with E-state index in [0.717, 1.165) is 17.7 Å². The van der Waals surface area contributed by atoms with Gasteiger partial charge in [0.2, 0.25) is 5.91 Å². The van der Waals surface area contributed by atoms with E-state index in [0.29, 0.717) is 17.8 Å². The first-order valence-electron chi connectivity index (χ1n) is 7.55. The highest BCUT2D eigenvalue weighted by Gasteiger charge is 2.25. The minimum absolute atomic E-state index is 0.195. The molecule has 3 amide bonds. The van der Waals surface area contributed by atoms with Crippen molar-refractivity contribution in [1.82, 2.24) is 0 Å². The van der Waals surface area contributed by atoms with Crippen LogP contribution in [0.4, 0.5) is 16.2 Å². The summed E-state index contributed by atoms with van der Waals surface area (Å²) in [6, 6.07) is 10.8. The maximum atomic E-state index is 12.6. The lowest BCUT2D eigenvalue weighted by Crippen LogP contribution is -2.33. The first-order chi connectivity index (χ1) is 11.0. The average molecular weight is 309 g/mol. The molecule has 0 saturated carbocycles.